The van der Waals surface area contributed by atoms with Crippen LogP contribution < -0.4 is 4.74 Å². The van der Waals surface area contributed by atoms with Gasteiger partial charge in [-0.3, -0.25) is 4.79 Å². The zero-order valence-corrected chi connectivity index (χ0v) is 17.2. The van der Waals surface area contributed by atoms with Gasteiger partial charge in [0.05, 0.1) is 19.4 Å². The zero-order valence-electron chi connectivity index (χ0n) is 16.5. The maximum Gasteiger partial charge on any atom is 0.264 e. The van der Waals surface area contributed by atoms with E-state index in [1.165, 1.54) is 0 Å². The van der Waals surface area contributed by atoms with E-state index in [1.54, 1.807) is 24.2 Å². The predicted octanol–water partition coefficient (Wildman–Crippen LogP) is 5.45. The van der Waals surface area contributed by atoms with Gasteiger partial charge in [0.15, 0.2) is 6.10 Å². The third-order valence-corrected chi connectivity index (χ3v) is 5.05. The van der Waals surface area contributed by atoms with Crippen molar-refractivity contribution >= 4 is 17.5 Å². The topological polar surface area (TPSA) is 55.8 Å². The van der Waals surface area contributed by atoms with Crippen molar-refractivity contribution < 1.29 is 18.4 Å². The van der Waals surface area contributed by atoms with E-state index in [2.05, 4.69) is 0 Å². The van der Waals surface area contributed by atoms with E-state index in [9.17, 15) is 4.79 Å². The molecule has 0 aliphatic rings. The van der Waals surface area contributed by atoms with Crippen LogP contribution in [0.5, 0.6) is 5.75 Å². The van der Waals surface area contributed by atoms with Crippen LogP contribution in [0, 0.1) is 20.8 Å². The highest BCUT2D eigenvalue weighted by Crippen LogP contribution is 2.27. The Morgan fingerprint density at radius 2 is 1.79 bits per heavy atom. The van der Waals surface area contributed by atoms with E-state index in [0.29, 0.717) is 35.4 Å². The SMILES string of the molecule is Cc1ccc(CN(Cc2ccco2)C(=O)[C@@H](C)Oc2cc(C)c(Cl)c(C)c2)o1. The van der Waals surface area contributed by atoms with E-state index in [-0.39, 0.29) is 5.91 Å². The maximum atomic E-state index is 13.1. The average Bonchev–Trinajstić information content (AvgIpc) is 3.30. The van der Waals surface area contributed by atoms with Gasteiger partial charge in [-0.05, 0) is 75.2 Å². The molecule has 28 heavy (non-hydrogen) atoms. The van der Waals surface area contributed by atoms with Gasteiger partial charge in [0.2, 0.25) is 0 Å². The molecule has 3 aromatic rings. The number of halogens is 1. The Kier molecular flexibility index (Phi) is 6.15. The molecule has 1 amide bonds. The molecule has 3 rings (SSSR count). The monoisotopic (exact) mass is 401 g/mol. The lowest BCUT2D eigenvalue weighted by Crippen LogP contribution is -2.39. The number of ether oxygens (including phenoxy) is 1. The number of furan rings is 2. The van der Waals surface area contributed by atoms with Crippen LogP contribution in [0.1, 0.15) is 35.3 Å². The summed E-state index contributed by atoms with van der Waals surface area (Å²) in [7, 11) is 0. The Bertz CT molecular complexity index is 922. The molecule has 5 nitrogen and oxygen atoms in total. The fourth-order valence-electron chi connectivity index (χ4n) is 3.05. The summed E-state index contributed by atoms with van der Waals surface area (Å²) in [5.74, 6) is 2.67. The molecule has 0 unspecified atom stereocenters. The largest absolute Gasteiger partial charge is 0.481 e. The van der Waals surface area contributed by atoms with Crippen molar-refractivity contribution in [3.63, 3.8) is 0 Å². The second-order valence-corrected chi connectivity index (χ2v) is 7.30. The molecule has 0 aliphatic carbocycles. The summed E-state index contributed by atoms with van der Waals surface area (Å²) in [5, 5.41) is 0.707. The van der Waals surface area contributed by atoms with Crippen molar-refractivity contribution in [3.05, 3.63) is 76.1 Å². The molecule has 2 aromatic heterocycles. The van der Waals surface area contributed by atoms with Crippen LogP contribution in [0.4, 0.5) is 0 Å². The molecule has 6 heteroatoms. The zero-order chi connectivity index (χ0) is 20.3. The standard InChI is InChI=1S/C22H24ClNO4/c1-14-10-20(11-15(2)21(14)23)28-17(4)22(25)24(12-18-6-5-9-26-18)13-19-8-7-16(3)27-19/h5-11,17H,12-13H2,1-4H3/t17-/m1/s1. The number of hydrogen-bond donors (Lipinski definition) is 0. The summed E-state index contributed by atoms with van der Waals surface area (Å²) in [4.78, 5) is 14.8. The van der Waals surface area contributed by atoms with Crippen LogP contribution in [-0.4, -0.2) is 16.9 Å². The lowest BCUT2D eigenvalue weighted by Gasteiger charge is -2.25. The van der Waals surface area contributed by atoms with Crippen molar-refractivity contribution in [2.45, 2.75) is 46.9 Å². The van der Waals surface area contributed by atoms with Gasteiger partial charge in [0.25, 0.3) is 5.91 Å². The highest BCUT2D eigenvalue weighted by atomic mass is 35.5. The third kappa shape index (κ3) is 4.78. The predicted molar refractivity (Wildman–Crippen MR) is 107 cm³/mol. The average molecular weight is 402 g/mol. The minimum atomic E-state index is -0.675. The van der Waals surface area contributed by atoms with Gasteiger partial charge in [-0.15, -0.1) is 0 Å². The summed E-state index contributed by atoms with van der Waals surface area (Å²) in [6, 6.07) is 11.1. The summed E-state index contributed by atoms with van der Waals surface area (Å²) in [6.07, 6.45) is 0.916. The highest BCUT2D eigenvalue weighted by molar-refractivity contribution is 6.32. The molecular weight excluding hydrogens is 378 g/mol. The molecule has 0 bridgehead atoms. The van der Waals surface area contributed by atoms with Gasteiger partial charge in [-0.25, -0.2) is 0 Å². The lowest BCUT2D eigenvalue weighted by atomic mass is 10.1. The number of hydrogen-bond acceptors (Lipinski definition) is 4. The van der Waals surface area contributed by atoms with Crippen molar-refractivity contribution in [3.8, 4) is 5.75 Å². The quantitative estimate of drug-likeness (QED) is 0.528. The number of carbonyl (C=O) groups excluding carboxylic acids is 1. The van der Waals surface area contributed by atoms with Crippen LogP contribution in [0.3, 0.4) is 0 Å². The molecule has 148 valence electrons. The van der Waals surface area contributed by atoms with Gasteiger partial charge >= 0.3 is 0 Å². The van der Waals surface area contributed by atoms with Gasteiger partial charge in [-0.2, -0.15) is 0 Å². The first-order valence-corrected chi connectivity index (χ1v) is 9.51. The summed E-state index contributed by atoms with van der Waals surface area (Å²) in [6.45, 7) is 8.11. The molecule has 0 N–H and O–H groups in total. The van der Waals surface area contributed by atoms with E-state index in [4.69, 9.17) is 25.2 Å². The number of nitrogens with zero attached hydrogens (tertiary/aromatic N) is 1. The Labute approximate surface area is 169 Å². The molecule has 0 radical (unpaired) electrons. The van der Waals surface area contributed by atoms with E-state index in [1.807, 2.05) is 51.1 Å². The Hall–Kier alpha value is -2.66. The maximum absolute atomic E-state index is 13.1. The van der Waals surface area contributed by atoms with E-state index < -0.39 is 6.10 Å². The summed E-state index contributed by atoms with van der Waals surface area (Å²) in [5.41, 5.74) is 1.82. The van der Waals surface area contributed by atoms with Crippen molar-refractivity contribution in [2.24, 2.45) is 0 Å². The number of rotatable bonds is 7. The number of carbonyl (C=O) groups is 1. The van der Waals surface area contributed by atoms with Crippen molar-refractivity contribution in [1.29, 1.82) is 0 Å². The molecule has 0 aliphatic heterocycles. The number of amides is 1. The van der Waals surface area contributed by atoms with E-state index >= 15 is 0 Å². The molecule has 0 saturated carbocycles. The molecule has 1 aromatic carbocycles. The van der Waals surface area contributed by atoms with Crippen LogP contribution in [0.25, 0.3) is 0 Å². The second-order valence-electron chi connectivity index (χ2n) is 6.92. The van der Waals surface area contributed by atoms with Gasteiger partial charge in [0, 0.05) is 5.02 Å². The van der Waals surface area contributed by atoms with Crippen LogP contribution >= 0.6 is 11.6 Å². The van der Waals surface area contributed by atoms with Gasteiger partial charge in [0.1, 0.15) is 23.0 Å². The minimum absolute atomic E-state index is 0.157. The molecule has 0 fully saturated rings. The lowest BCUT2D eigenvalue weighted by molar-refractivity contribution is -0.139. The van der Waals surface area contributed by atoms with Crippen LogP contribution in [0.2, 0.25) is 5.02 Å². The third-order valence-electron chi connectivity index (χ3n) is 4.45. The Balaban J connectivity index is 1.77. The minimum Gasteiger partial charge on any atom is -0.481 e. The molecule has 2 heterocycles. The highest BCUT2D eigenvalue weighted by Gasteiger charge is 2.24. The smallest absolute Gasteiger partial charge is 0.264 e. The van der Waals surface area contributed by atoms with Crippen molar-refractivity contribution in [1.82, 2.24) is 4.90 Å². The van der Waals surface area contributed by atoms with Gasteiger partial charge < -0.3 is 18.5 Å². The number of aryl methyl sites for hydroxylation is 3. The first-order valence-electron chi connectivity index (χ1n) is 9.13. The molecular formula is C22H24ClNO4. The van der Waals surface area contributed by atoms with Gasteiger partial charge in [-0.1, -0.05) is 11.6 Å². The first-order chi connectivity index (χ1) is 13.3. The Morgan fingerprint density at radius 1 is 1.11 bits per heavy atom. The van der Waals surface area contributed by atoms with E-state index in [0.717, 1.165) is 16.9 Å². The molecule has 0 saturated heterocycles. The fourth-order valence-corrected chi connectivity index (χ4v) is 3.16. The Morgan fingerprint density at radius 3 is 2.36 bits per heavy atom. The normalized spacial score (nSPS) is 12.0. The number of benzene rings is 1. The van der Waals surface area contributed by atoms with Crippen LogP contribution in [-0.2, 0) is 17.9 Å². The molecule has 1 atom stereocenters. The summed E-state index contributed by atoms with van der Waals surface area (Å²) < 4.78 is 17.0. The molecule has 0 spiro atoms. The van der Waals surface area contributed by atoms with Crippen LogP contribution in [0.15, 0.2) is 51.5 Å². The first kappa shape index (κ1) is 20.1. The fraction of sp³-hybridized carbons (Fsp3) is 0.318. The second kappa shape index (κ2) is 8.57. The van der Waals surface area contributed by atoms with Crippen molar-refractivity contribution in [2.75, 3.05) is 0 Å². The summed E-state index contributed by atoms with van der Waals surface area (Å²) >= 11 is 6.22.